The van der Waals surface area contributed by atoms with Crippen molar-refractivity contribution in [2.45, 2.75) is 17.7 Å². The zero-order valence-corrected chi connectivity index (χ0v) is 16.8. The van der Waals surface area contributed by atoms with Crippen LogP contribution in [0.15, 0.2) is 59.6 Å². The van der Waals surface area contributed by atoms with E-state index in [4.69, 9.17) is 9.72 Å². The normalized spacial score (nSPS) is 13.1. The van der Waals surface area contributed by atoms with E-state index in [1.807, 2.05) is 31.3 Å². The molecule has 2 heterocycles. The van der Waals surface area contributed by atoms with E-state index < -0.39 is 0 Å². The summed E-state index contributed by atoms with van der Waals surface area (Å²) in [5.74, 6) is 2.38. The van der Waals surface area contributed by atoms with Crippen molar-refractivity contribution in [1.29, 1.82) is 0 Å². The summed E-state index contributed by atoms with van der Waals surface area (Å²) in [7, 11) is 3.61. The Balaban J connectivity index is 1.56. The van der Waals surface area contributed by atoms with Gasteiger partial charge in [-0.05, 0) is 85.9 Å². The number of nitrogens with zero attached hydrogens (tertiary/aromatic N) is 3. The number of hydrogen-bond acceptors (Lipinski definition) is 7. The Labute approximate surface area is 169 Å². The average molecular weight is 394 g/mol. The fourth-order valence-electron chi connectivity index (χ4n) is 3.35. The van der Waals surface area contributed by atoms with E-state index in [2.05, 4.69) is 44.2 Å². The van der Waals surface area contributed by atoms with Crippen molar-refractivity contribution in [3.05, 3.63) is 60.3 Å². The molecule has 6 nitrogen and oxygen atoms in total. The second-order valence-electron chi connectivity index (χ2n) is 6.44. The van der Waals surface area contributed by atoms with E-state index in [-0.39, 0.29) is 0 Å². The lowest BCUT2D eigenvalue weighted by Crippen LogP contribution is -2.25. The maximum absolute atomic E-state index is 5.37. The number of aromatic nitrogens is 2. The van der Waals surface area contributed by atoms with E-state index in [0.717, 1.165) is 41.5 Å². The summed E-state index contributed by atoms with van der Waals surface area (Å²) in [4.78, 5) is 12.5. The Kier molecular flexibility index (Phi) is 5.64. The SMILES string of the molecule is CNSc1ccc(Nc2nccc(N3CCCc4cc(OC)ccc43)n2)cc1. The van der Waals surface area contributed by atoms with Crippen molar-refractivity contribution in [3.63, 3.8) is 0 Å². The summed E-state index contributed by atoms with van der Waals surface area (Å²) in [5.41, 5.74) is 3.43. The lowest BCUT2D eigenvalue weighted by atomic mass is 10.0. The number of anilines is 4. The highest BCUT2D eigenvalue weighted by molar-refractivity contribution is 7.97. The van der Waals surface area contributed by atoms with Crippen LogP contribution in [0.1, 0.15) is 12.0 Å². The molecule has 0 radical (unpaired) electrons. The van der Waals surface area contributed by atoms with Gasteiger partial charge in [-0.2, -0.15) is 4.98 Å². The van der Waals surface area contributed by atoms with Crippen LogP contribution in [0.25, 0.3) is 0 Å². The third kappa shape index (κ3) is 4.05. The van der Waals surface area contributed by atoms with E-state index >= 15 is 0 Å². The molecule has 144 valence electrons. The lowest BCUT2D eigenvalue weighted by molar-refractivity contribution is 0.414. The predicted molar refractivity (Wildman–Crippen MR) is 115 cm³/mol. The highest BCUT2D eigenvalue weighted by atomic mass is 32.2. The molecule has 4 rings (SSSR count). The van der Waals surface area contributed by atoms with Crippen LogP contribution in [0.3, 0.4) is 0 Å². The first kappa shape index (κ1) is 18.6. The number of fused-ring (bicyclic) bond motifs is 1. The van der Waals surface area contributed by atoms with Crippen LogP contribution in [-0.4, -0.2) is 30.7 Å². The van der Waals surface area contributed by atoms with Crippen LogP contribution in [-0.2, 0) is 6.42 Å². The van der Waals surface area contributed by atoms with Crippen molar-refractivity contribution in [1.82, 2.24) is 14.7 Å². The highest BCUT2D eigenvalue weighted by Crippen LogP contribution is 2.35. The molecule has 0 atom stereocenters. The summed E-state index contributed by atoms with van der Waals surface area (Å²) < 4.78 is 8.44. The molecule has 2 aromatic carbocycles. The van der Waals surface area contributed by atoms with Crippen molar-refractivity contribution in [3.8, 4) is 5.75 Å². The quantitative estimate of drug-likeness (QED) is 0.596. The van der Waals surface area contributed by atoms with Crippen LogP contribution >= 0.6 is 11.9 Å². The van der Waals surface area contributed by atoms with Gasteiger partial charge >= 0.3 is 0 Å². The van der Waals surface area contributed by atoms with Crippen molar-refractivity contribution >= 4 is 35.1 Å². The number of benzene rings is 2. The van der Waals surface area contributed by atoms with Crippen molar-refractivity contribution in [2.24, 2.45) is 0 Å². The standard InChI is InChI=1S/C21H23N5OS/c1-22-28-18-8-5-16(6-9-18)24-21-23-12-11-20(25-21)26-13-3-4-15-14-17(27-2)7-10-19(15)26/h5-12,14,22H,3-4,13H2,1-2H3,(H,23,24,25). The van der Waals surface area contributed by atoms with Gasteiger partial charge in [0.2, 0.25) is 5.95 Å². The highest BCUT2D eigenvalue weighted by Gasteiger charge is 2.20. The first-order chi connectivity index (χ1) is 13.8. The first-order valence-corrected chi connectivity index (χ1v) is 10.1. The smallest absolute Gasteiger partial charge is 0.229 e. The number of rotatable bonds is 6. The molecule has 0 amide bonds. The van der Waals surface area contributed by atoms with E-state index in [1.165, 1.54) is 11.3 Å². The second kappa shape index (κ2) is 8.50. The fourth-order valence-corrected chi connectivity index (χ4v) is 3.86. The molecular formula is C21H23N5OS. The van der Waals surface area contributed by atoms with Gasteiger partial charge in [-0.3, -0.25) is 4.72 Å². The largest absolute Gasteiger partial charge is 0.497 e. The second-order valence-corrected chi connectivity index (χ2v) is 7.53. The number of ether oxygens (including phenoxy) is 1. The van der Waals surface area contributed by atoms with Gasteiger partial charge in [0, 0.05) is 29.0 Å². The topological polar surface area (TPSA) is 62.3 Å². The Bertz CT molecular complexity index is 948. The molecule has 0 aliphatic carbocycles. The van der Waals surface area contributed by atoms with Gasteiger partial charge in [-0.25, -0.2) is 4.98 Å². The third-order valence-electron chi connectivity index (χ3n) is 4.65. The van der Waals surface area contributed by atoms with E-state index in [9.17, 15) is 0 Å². The molecule has 0 bridgehead atoms. The van der Waals surface area contributed by atoms with Gasteiger partial charge in [0.05, 0.1) is 7.11 Å². The zero-order valence-electron chi connectivity index (χ0n) is 16.0. The molecule has 2 N–H and O–H groups in total. The van der Waals surface area contributed by atoms with Crippen molar-refractivity contribution in [2.75, 3.05) is 30.9 Å². The lowest BCUT2D eigenvalue weighted by Gasteiger charge is -2.30. The molecule has 0 spiro atoms. The van der Waals surface area contributed by atoms with Gasteiger partial charge in [0.15, 0.2) is 0 Å². The summed E-state index contributed by atoms with van der Waals surface area (Å²) in [6.07, 6.45) is 3.93. The predicted octanol–water partition coefficient (Wildman–Crippen LogP) is 4.54. The number of aryl methyl sites for hydroxylation is 1. The molecule has 1 aromatic heterocycles. The summed E-state index contributed by atoms with van der Waals surface area (Å²) in [5, 5.41) is 3.30. The molecule has 1 aliphatic rings. The van der Waals surface area contributed by atoms with Gasteiger partial charge in [0.25, 0.3) is 0 Å². The van der Waals surface area contributed by atoms with Crippen LogP contribution in [0.2, 0.25) is 0 Å². The minimum absolute atomic E-state index is 0.590. The van der Waals surface area contributed by atoms with Gasteiger partial charge in [0.1, 0.15) is 11.6 Å². The van der Waals surface area contributed by atoms with Crippen molar-refractivity contribution < 1.29 is 4.74 Å². The van der Waals surface area contributed by atoms with Crippen LogP contribution < -0.4 is 19.7 Å². The average Bonchev–Trinajstić information content (AvgIpc) is 2.74. The maximum atomic E-state index is 5.37. The Morgan fingerprint density at radius 2 is 1.96 bits per heavy atom. The molecule has 3 aromatic rings. The minimum Gasteiger partial charge on any atom is -0.497 e. The molecule has 0 saturated carbocycles. The number of methoxy groups -OCH3 is 1. The Hall–Kier alpha value is -2.77. The fraction of sp³-hybridized carbons (Fsp3) is 0.238. The molecule has 7 heteroatoms. The Morgan fingerprint density at radius 1 is 1.11 bits per heavy atom. The van der Waals surface area contributed by atoms with Crippen LogP contribution in [0.4, 0.5) is 23.1 Å². The summed E-state index contributed by atoms with van der Waals surface area (Å²) in [6.45, 7) is 0.936. The minimum atomic E-state index is 0.590. The molecule has 0 unspecified atom stereocenters. The first-order valence-electron chi connectivity index (χ1n) is 9.25. The molecule has 1 aliphatic heterocycles. The van der Waals surface area contributed by atoms with Crippen LogP contribution in [0, 0.1) is 0 Å². The summed E-state index contributed by atoms with van der Waals surface area (Å²) in [6, 6.07) is 16.4. The monoisotopic (exact) mass is 393 g/mol. The molecular weight excluding hydrogens is 370 g/mol. The zero-order chi connectivity index (χ0) is 19.3. The number of nitrogens with one attached hydrogen (secondary N) is 2. The van der Waals surface area contributed by atoms with Gasteiger partial charge < -0.3 is 15.0 Å². The summed E-state index contributed by atoms with van der Waals surface area (Å²) >= 11 is 1.58. The molecule has 0 saturated heterocycles. The van der Waals surface area contributed by atoms with Gasteiger partial charge in [-0.1, -0.05) is 0 Å². The maximum Gasteiger partial charge on any atom is 0.229 e. The van der Waals surface area contributed by atoms with E-state index in [0.29, 0.717) is 5.95 Å². The van der Waals surface area contributed by atoms with Crippen LogP contribution in [0.5, 0.6) is 5.75 Å². The van der Waals surface area contributed by atoms with E-state index in [1.54, 1.807) is 25.3 Å². The Morgan fingerprint density at radius 3 is 2.75 bits per heavy atom. The third-order valence-corrected chi connectivity index (χ3v) is 5.37. The molecule has 0 fully saturated rings. The molecule has 28 heavy (non-hydrogen) atoms. The number of hydrogen-bond donors (Lipinski definition) is 2. The van der Waals surface area contributed by atoms with Gasteiger partial charge in [-0.15, -0.1) is 0 Å².